The Balaban J connectivity index is 2.19. The zero-order chi connectivity index (χ0) is 9.80. The van der Waals surface area contributed by atoms with E-state index in [9.17, 15) is 0 Å². The van der Waals surface area contributed by atoms with Crippen molar-refractivity contribution in [3.8, 4) is 0 Å². The molecule has 0 fully saturated rings. The van der Waals surface area contributed by atoms with E-state index in [1.54, 1.807) is 17.1 Å². The lowest BCUT2D eigenvalue weighted by molar-refractivity contribution is 0.620. The van der Waals surface area contributed by atoms with Gasteiger partial charge in [0.2, 0.25) is 0 Å². The summed E-state index contributed by atoms with van der Waals surface area (Å²) in [5.74, 6) is 0.417. The number of hydrogen-bond donors (Lipinski definition) is 0. The highest BCUT2D eigenvalue weighted by atomic mass is 35.5. The van der Waals surface area contributed by atoms with Crippen molar-refractivity contribution in [2.45, 2.75) is 12.4 Å². The predicted octanol–water partition coefficient (Wildman–Crippen LogP) is 1.46. The molecule has 0 amide bonds. The van der Waals surface area contributed by atoms with Crippen molar-refractivity contribution in [3.05, 3.63) is 42.0 Å². The molecule has 0 radical (unpaired) electrons. The normalized spacial score (nSPS) is 10.4. The molecule has 0 aliphatic rings. The summed E-state index contributed by atoms with van der Waals surface area (Å²) in [5, 5.41) is 7.71. The van der Waals surface area contributed by atoms with Crippen LogP contribution in [0.15, 0.2) is 30.6 Å². The average molecular weight is 209 g/mol. The second kappa shape index (κ2) is 4.19. The molecule has 0 atom stereocenters. The molecule has 0 aromatic carbocycles. The maximum Gasteiger partial charge on any atom is 0.0852 e. The zero-order valence-corrected chi connectivity index (χ0v) is 8.22. The zero-order valence-electron chi connectivity index (χ0n) is 7.47. The summed E-state index contributed by atoms with van der Waals surface area (Å²) in [6.45, 7) is 0.614. The van der Waals surface area contributed by atoms with Gasteiger partial charge in [0.15, 0.2) is 0 Å². The highest BCUT2D eigenvalue weighted by molar-refractivity contribution is 6.16. The first-order valence-corrected chi connectivity index (χ1v) is 4.77. The van der Waals surface area contributed by atoms with E-state index in [-0.39, 0.29) is 0 Å². The van der Waals surface area contributed by atoms with Crippen LogP contribution in [0.2, 0.25) is 0 Å². The van der Waals surface area contributed by atoms with E-state index >= 15 is 0 Å². The summed E-state index contributed by atoms with van der Waals surface area (Å²) in [6.07, 6.45) is 3.42. The van der Waals surface area contributed by atoms with E-state index in [1.165, 1.54) is 0 Å². The van der Waals surface area contributed by atoms with Gasteiger partial charge >= 0.3 is 0 Å². The highest BCUT2D eigenvalue weighted by Crippen LogP contribution is 2.03. The largest absolute Gasteiger partial charge is 0.259 e. The van der Waals surface area contributed by atoms with Crippen LogP contribution >= 0.6 is 11.6 Å². The monoisotopic (exact) mass is 208 g/mol. The van der Waals surface area contributed by atoms with Crippen molar-refractivity contribution in [2.75, 3.05) is 0 Å². The molecule has 0 aliphatic heterocycles. The number of nitrogens with zero attached hydrogens (tertiary/aromatic N) is 4. The van der Waals surface area contributed by atoms with Gasteiger partial charge < -0.3 is 0 Å². The predicted molar refractivity (Wildman–Crippen MR) is 52.9 cm³/mol. The minimum absolute atomic E-state index is 0.417. The second-order valence-corrected chi connectivity index (χ2v) is 3.10. The Morgan fingerprint density at radius 1 is 1.36 bits per heavy atom. The van der Waals surface area contributed by atoms with Crippen molar-refractivity contribution >= 4 is 11.6 Å². The molecular weight excluding hydrogens is 200 g/mol. The Morgan fingerprint density at radius 2 is 2.29 bits per heavy atom. The lowest BCUT2D eigenvalue weighted by Gasteiger charge is -2.02. The fraction of sp³-hybridized carbons (Fsp3) is 0.222. The van der Waals surface area contributed by atoms with E-state index in [1.807, 2.05) is 18.2 Å². The van der Waals surface area contributed by atoms with E-state index in [0.717, 1.165) is 11.4 Å². The number of rotatable bonds is 3. The van der Waals surface area contributed by atoms with Crippen molar-refractivity contribution in [2.24, 2.45) is 0 Å². The van der Waals surface area contributed by atoms with Gasteiger partial charge in [-0.3, -0.25) is 4.98 Å². The SMILES string of the molecule is ClCc1cnnn1Cc1ccccn1. The molecule has 0 unspecified atom stereocenters. The van der Waals surface area contributed by atoms with Crippen LogP contribution in [-0.2, 0) is 12.4 Å². The highest BCUT2D eigenvalue weighted by Gasteiger charge is 2.02. The third-order valence-electron chi connectivity index (χ3n) is 1.87. The fourth-order valence-electron chi connectivity index (χ4n) is 1.16. The average Bonchev–Trinajstić information content (AvgIpc) is 2.67. The summed E-state index contributed by atoms with van der Waals surface area (Å²) >= 11 is 5.72. The Kier molecular flexibility index (Phi) is 2.74. The van der Waals surface area contributed by atoms with Crippen LogP contribution < -0.4 is 0 Å². The fourth-order valence-corrected chi connectivity index (χ4v) is 1.37. The molecular formula is C9H9ClN4. The Bertz CT molecular complexity index is 398. The van der Waals surface area contributed by atoms with Gasteiger partial charge in [-0.05, 0) is 12.1 Å². The van der Waals surface area contributed by atoms with Crippen molar-refractivity contribution in [3.63, 3.8) is 0 Å². The van der Waals surface area contributed by atoms with Crippen LogP contribution in [0.4, 0.5) is 0 Å². The lowest BCUT2D eigenvalue weighted by Crippen LogP contribution is -2.06. The molecule has 0 saturated carbocycles. The Labute approximate surface area is 86.5 Å². The third-order valence-corrected chi connectivity index (χ3v) is 2.15. The van der Waals surface area contributed by atoms with Gasteiger partial charge in [-0.2, -0.15) is 0 Å². The standard InChI is InChI=1S/C9H9ClN4/c10-5-9-6-12-13-14(9)7-8-3-1-2-4-11-8/h1-4,6H,5,7H2. The Hall–Kier alpha value is -1.42. The molecule has 0 bridgehead atoms. The number of aromatic nitrogens is 4. The minimum Gasteiger partial charge on any atom is -0.259 e. The molecule has 0 N–H and O–H groups in total. The van der Waals surface area contributed by atoms with Crippen LogP contribution in [0, 0.1) is 0 Å². The summed E-state index contributed by atoms with van der Waals surface area (Å²) in [5.41, 5.74) is 1.85. The van der Waals surface area contributed by atoms with Gasteiger partial charge in [-0.25, -0.2) is 4.68 Å². The third kappa shape index (κ3) is 1.90. The summed E-state index contributed by atoms with van der Waals surface area (Å²) in [4.78, 5) is 4.20. The van der Waals surface area contributed by atoms with Crippen LogP contribution in [0.1, 0.15) is 11.4 Å². The Morgan fingerprint density at radius 3 is 3.00 bits per heavy atom. The number of alkyl halides is 1. The molecule has 2 aromatic heterocycles. The van der Waals surface area contributed by atoms with Crippen molar-refractivity contribution in [1.29, 1.82) is 0 Å². The second-order valence-electron chi connectivity index (χ2n) is 2.84. The number of hydrogen-bond acceptors (Lipinski definition) is 3. The quantitative estimate of drug-likeness (QED) is 0.718. The van der Waals surface area contributed by atoms with Gasteiger partial charge in [-0.15, -0.1) is 16.7 Å². The van der Waals surface area contributed by atoms with Crippen LogP contribution in [0.5, 0.6) is 0 Å². The van der Waals surface area contributed by atoms with Gasteiger partial charge in [-0.1, -0.05) is 11.3 Å². The minimum atomic E-state index is 0.417. The van der Waals surface area contributed by atoms with Gasteiger partial charge in [0.05, 0.1) is 30.0 Å². The van der Waals surface area contributed by atoms with E-state index in [0.29, 0.717) is 12.4 Å². The summed E-state index contributed by atoms with van der Waals surface area (Å²) < 4.78 is 1.75. The molecule has 2 heterocycles. The topological polar surface area (TPSA) is 43.6 Å². The molecule has 2 rings (SSSR count). The number of pyridine rings is 1. The summed E-state index contributed by atoms with van der Waals surface area (Å²) in [7, 11) is 0. The van der Waals surface area contributed by atoms with Gasteiger partial charge in [0.1, 0.15) is 0 Å². The molecule has 4 nitrogen and oxygen atoms in total. The molecule has 0 spiro atoms. The van der Waals surface area contributed by atoms with E-state index < -0.39 is 0 Å². The smallest absolute Gasteiger partial charge is 0.0852 e. The van der Waals surface area contributed by atoms with Crippen LogP contribution in [0.3, 0.4) is 0 Å². The van der Waals surface area contributed by atoms with Crippen LogP contribution in [0.25, 0.3) is 0 Å². The number of halogens is 1. The molecule has 2 aromatic rings. The lowest BCUT2D eigenvalue weighted by atomic mass is 10.3. The maximum absolute atomic E-state index is 5.72. The molecule has 0 saturated heterocycles. The maximum atomic E-state index is 5.72. The van der Waals surface area contributed by atoms with Crippen LogP contribution in [-0.4, -0.2) is 20.0 Å². The first-order valence-electron chi connectivity index (χ1n) is 4.23. The summed E-state index contributed by atoms with van der Waals surface area (Å²) in [6, 6.07) is 5.77. The van der Waals surface area contributed by atoms with Gasteiger partial charge in [0, 0.05) is 6.20 Å². The molecule has 5 heteroatoms. The van der Waals surface area contributed by atoms with Crippen molar-refractivity contribution in [1.82, 2.24) is 20.0 Å². The molecule has 0 aliphatic carbocycles. The van der Waals surface area contributed by atoms with Gasteiger partial charge in [0.25, 0.3) is 0 Å². The first-order chi connectivity index (χ1) is 6.90. The molecule has 14 heavy (non-hydrogen) atoms. The molecule has 72 valence electrons. The van der Waals surface area contributed by atoms with Crippen molar-refractivity contribution < 1.29 is 0 Å². The first kappa shape index (κ1) is 9.15. The van der Waals surface area contributed by atoms with E-state index in [4.69, 9.17) is 11.6 Å². The van der Waals surface area contributed by atoms with E-state index in [2.05, 4.69) is 15.3 Å².